The minimum absolute atomic E-state index is 0.154. The van der Waals surface area contributed by atoms with Gasteiger partial charge in [0.15, 0.2) is 0 Å². The predicted molar refractivity (Wildman–Crippen MR) is 76.5 cm³/mol. The number of rotatable bonds is 4. The summed E-state index contributed by atoms with van der Waals surface area (Å²) >= 11 is 5.74. The van der Waals surface area contributed by atoms with E-state index in [9.17, 15) is 8.42 Å². The summed E-state index contributed by atoms with van der Waals surface area (Å²) in [5, 5.41) is 0.543. The van der Waals surface area contributed by atoms with Crippen LogP contribution >= 0.6 is 11.6 Å². The lowest BCUT2D eigenvalue weighted by atomic mass is 10.3. The molecule has 0 aliphatic heterocycles. The highest BCUT2D eigenvalue weighted by molar-refractivity contribution is 7.92. The number of nitrogens with two attached hydrogens (primary N) is 1. The molecular weight excluding hydrogens is 286 g/mol. The fraction of sp³-hybridized carbons (Fsp3) is 0. The van der Waals surface area contributed by atoms with E-state index in [1.54, 1.807) is 36.4 Å². The van der Waals surface area contributed by atoms with Crippen LogP contribution in [0.4, 0.5) is 11.4 Å². The number of nitrogen functional groups attached to an aromatic ring is 1. The summed E-state index contributed by atoms with van der Waals surface area (Å²) < 4.78 is 26.6. The van der Waals surface area contributed by atoms with Crippen molar-refractivity contribution < 1.29 is 8.42 Å². The third-order valence-electron chi connectivity index (χ3n) is 2.43. The molecule has 7 heteroatoms. The van der Waals surface area contributed by atoms with Gasteiger partial charge in [-0.15, -0.1) is 0 Å². The van der Waals surface area contributed by atoms with Crippen LogP contribution in [-0.2, 0) is 10.0 Å². The maximum Gasteiger partial charge on any atom is 0.261 e. The number of nitrogens with one attached hydrogen (secondary N) is 2. The van der Waals surface area contributed by atoms with Gasteiger partial charge in [-0.05, 0) is 48.5 Å². The second-order valence-corrected chi connectivity index (χ2v) is 5.90. The highest BCUT2D eigenvalue weighted by atomic mass is 35.5. The fourth-order valence-corrected chi connectivity index (χ4v) is 2.65. The van der Waals surface area contributed by atoms with Crippen molar-refractivity contribution in [2.24, 2.45) is 5.84 Å². The lowest BCUT2D eigenvalue weighted by molar-refractivity contribution is 0.601. The first-order chi connectivity index (χ1) is 9.01. The maximum atomic E-state index is 12.1. The van der Waals surface area contributed by atoms with E-state index in [4.69, 9.17) is 17.4 Å². The Hall–Kier alpha value is -1.76. The number of sulfonamides is 1. The van der Waals surface area contributed by atoms with Crippen LogP contribution in [0.5, 0.6) is 0 Å². The normalized spacial score (nSPS) is 11.1. The number of hydrogen-bond donors (Lipinski definition) is 3. The molecule has 0 unspecified atom stereocenters. The highest BCUT2D eigenvalue weighted by Gasteiger charge is 2.13. The molecule has 0 saturated carbocycles. The molecule has 0 aromatic heterocycles. The fourth-order valence-electron chi connectivity index (χ4n) is 1.46. The molecule has 0 spiro atoms. The second kappa shape index (κ2) is 5.48. The molecule has 4 N–H and O–H groups in total. The van der Waals surface area contributed by atoms with E-state index < -0.39 is 10.0 Å². The van der Waals surface area contributed by atoms with Crippen molar-refractivity contribution in [3.8, 4) is 0 Å². The summed E-state index contributed by atoms with van der Waals surface area (Å²) in [6.45, 7) is 0. The quantitative estimate of drug-likeness (QED) is 0.598. The van der Waals surface area contributed by atoms with Gasteiger partial charge in [0.1, 0.15) is 0 Å². The van der Waals surface area contributed by atoms with Crippen LogP contribution in [0.15, 0.2) is 53.4 Å². The van der Waals surface area contributed by atoms with Crippen molar-refractivity contribution >= 4 is 33.0 Å². The first-order valence-corrected chi connectivity index (χ1v) is 7.22. The SMILES string of the molecule is NNc1ccc(S(=O)(=O)Nc2ccc(Cl)cc2)cc1. The first kappa shape index (κ1) is 13.7. The van der Waals surface area contributed by atoms with E-state index in [0.717, 1.165) is 0 Å². The van der Waals surface area contributed by atoms with E-state index in [0.29, 0.717) is 16.4 Å². The van der Waals surface area contributed by atoms with Crippen LogP contribution in [-0.4, -0.2) is 8.42 Å². The molecule has 19 heavy (non-hydrogen) atoms. The topological polar surface area (TPSA) is 84.2 Å². The van der Waals surface area contributed by atoms with E-state index in [2.05, 4.69) is 10.1 Å². The minimum Gasteiger partial charge on any atom is -0.324 e. The van der Waals surface area contributed by atoms with E-state index in [1.807, 2.05) is 0 Å². The van der Waals surface area contributed by atoms with Crippen LogP contribution in [0.25, 0.3) is 0 Å². The predicted octanol–water partition coefficient (Wildman–Crippen LogP) is 2.43. The smallest absolute Gasteiger partial charge is 0.261 e. The van der Waals surface area contributed by atoms with Crippen molar-refractivity contribution in [1.82, 2.24) is 0 Å². The Morgan fingerprint density at radius 3 is 1.95 bits per heavy atom. The van der Waals surface area contributed by atoms with Crippen LogP contribution in [0.2, 0.25) is 5.02 Å². The molecule has 5 nitrogen and oxygen atoms in total. The van der Waals surface area contributed by atoms with Gasteiger partial charge in [0.2, 0.25) is 0 Å². The molecule has 0 aliphatic carbocycles. The summed E-state index contributed by atoms with van der Waals surface area (Å²) in [7, 11) is -3.61. The zero-order valence-corrected chi connectivity index (χ0v) is 11.4. The molecule has 0 heterocycles. The van der Waals surface area contributed by atoms with Gasteiger partial charge in [0.25, 0.3) is 10.0 Å². The molecule has 0 saturated heterocycles. The number of benzene rings is 2. The lowest BCUT2D eigenvalue weighted by Crippen LogP contribution is -2.13. The Labute approximate surface area is 116 Å². The molecule has 0 atom stereocenters. The zero-order chi connectivity index (χ0) is 13.9. The molecular formula is C12H12ClN3O2S. The Kier molecular flexibility index (Phi) is 3.94. The van der Waals surface area contributed by atoms with Gasteiger partial charge in [-0.2, -0.15) is 0 Å². The maximum absolute atomic E-state index is 12.1. The van der Waals surface area contributed by atoms with Crippen molar-refractivity contribution in [3.63, 3.8) is 0 Å². The average Bonchev–Trinajstić information content (AvgIpc) is 2.41. The first-order valence-electron chi connectivity index (χ1n) is 5.36. The number of hydrogen-bond acceptors (Lipinski definition) is 4. The molecule has 0 radical (unpaired) electrons. The number of anilines is 2. The van der Waals surface area contributed by atoms with Gasteiger partial charge in [-0.25, -0.2) is 8.42 Å². The van der Waals surface area contributed by atoms with Crippen LogP contribution < -0.4 is 16.0 Å². The third-order valence-corrected chi connectivity index (χ3v) is 4.08. The summed E-state index contributed by atoms with van der Waals surface area (Å²) in [6, 6.07) is 12.5. The van der Waals surface area contributed by atoms with Gasteiger partial charge in [0.05, 0.1) is 4.90 Å². The van der Waals surface area contributed by atoms with Crippen LogP contribution in [0, 0.1) is 0 Å². The number of hydrazine groups is 1. The van der Waals surface area contributed by atoms with Crippen molar-refractivity contribution in [2.75, 3.05) is 10.1 Å². The second-order valence-electron chi connectivity index (χ2n) is 3.78. The van der Waals surface area contributed by atoms with E-state index in [1.165, 1.54) is 12.1 Å². The largest absolute Gasteiger partial charge is 0.324 e. The summed E-state index contributed by atoms with van der Waals surface area (Å²) in [5.74, 6) is 5.22. The average molecular weight is 298 g/mol. The van der Waals surface area contributed by atoms with E-state index >= 15 is 0 Å². The molecule has 2 rings (SSSR count). The summed E-state index contributed by atoms with van der Waals surface area (Å²) in [4.78, 5) is 0.154. The number of halogens is 1. The Morgan fingerprint density at radius 2 is 1.42 bits per heavy atom. The Bertz CT molecular complexity index is 654. The summed E-state index contributed by atoms with van der Waals surface area (Å²) in [5.41, 5.74) is 3.51. The minimum atomic E-state index is -3.61. The zero-order valence-electron chi connectivity index (χ0n) is 9.80. The van der Waals surface area contributed by atoms with Gasteiger partial charge < -0.3 is 5.43 Å². The molecule has 2 aromatic carbocycles. The summed E-state index contributed by atoms with van der Waals surface area (Å²) in [6.07, 6.45) is 0. The standard InChI is InChI=1S/C12H12ClN3O2S/c13-9-1-3-11(4-2-9)16-19(17,18)12-7-5-10(15-14)6-8-12/h1-8,15-16H,14H2. The monoisotopic (exact) mass is 297 g/mol. The van der Waals surface area contributed by atoms with Crippen molar-refractivity contribution in [2.45, 2.75) is 4.90 Å². The van der Waals surface area contributed by atoms with Crippen molar-refractivity contribution in [3.05, 3.63) is 53.6 Å². The molecule has 0 amide bonds. The lowest BCUT2D eigenvalue weighted by Gasteiger charge is -2.08. The van der Waals surface area contributed by atoms with Crippen LogP contribution in [0.3, 0.4) is 0 Å². The van der Waals surface area contributed by atoms with E-state index in [-0.39, 0.29) is 4.90 Å². The molecule has 0 aliphatic rings. The Balaban J connectivity index is 2.24. The highest BCUT2D eigenvalue weighted by Crippen LogP contribution is 2.19. The van der Waals surface area contributed by atoms with Crippen LogP contribution in [0.1, 0.15) is 0 Å². The molecule has 100 valence electrons. The van der Waals surface area contributed by atoms with Gasteiger partial charge in [-0.1, -0.05) is 11.6 Å². The third kappa shape index (κ3) is 3.37. The van der Waals surface area contributed by atoms with Gasteiger partial charge in [-0.3, -0.25) is 10.6 Å². The molecule has 0 bridgehead atoms. The molecule has 0 fully saturated rings. The Morgan fingerprint density at radius 1 is 0.895 bits per heavy atom. The van der Waals surface area contributed by atoms with Gasteiger partial charge >= 0.3 is 0 Å². The molecule has 2 aromatic rings. The van der Waals surface area contributed by atoms with Gasteiger partial charge in [0, 0.05) is 16.4 Å². The van der Waals surface area contributed by atoms with Crippen molar-refractivity contribution in [1.29, 1.82) is 0 Å².